The van der Waals surface area contributed by atoms with Crippen molar-refractivity contribution in [3.05, 3.63) is 54.5 Å². The Bertz CT molecular complexity index is 1220. The van der Waals surface area contributed by atoms with E-state index in [2.05, 4.69) is 51.6 Å². The second-order valence-electron chi connectivity index (χ2n) is 8.69. The fourth-order valence-corrected chi connectivity index (χ4v) is 3.92. The van der Waals surface area contributed by atoms with Crippen LogP contribution in [-0.2, 0) is 5.41 Å². The van der Waals surface area contributed by atoms with E-state index in [1.807, 2.05) is 10.7 Å². The van der Waals surface area contributed by atoms with E-state index in [0.29, 0.717) is 0 Å². The van der Waals surface area contributed by atoms with E-state index >= 15 is 0 Å². The van der Waals surface area contributed by atoms with Crippen molar-refractivity contribution in [2.75, 3.05) is 36.0 Å². The third-order valence-electron chi connectivity index (χ3n) is 5.59. The minimum absolute atomic E-state index is 0.0225. The number of halogens is 1. The smallest absolute Gasteiger partial charge is 0.154 e. The highest BCUT2D eigenvalue weighted by Gasteiger charge is 2.24. The second kappa shape index (κ2) is 6.90. The van der Waals surface area contributed by atoms with Crippen molar-refractivity contribution in [2.45, 2.75) is 26.2 Å². The summed E-state index contributed by atoms with van der Waals surface area (Å²) >= 11 is 0. The number of piperazine rings is 1. The monoisotopic (exact) mass is 405 g/mol. The molecule has 3 aromatic heterocycles. The lowest BCUT2D eigenvalue weighted by atomic mass is 9.92. The van der Waals surface area contributed by atoms with Crippen molar-refractivity contribution in [3.8, 4) is 0 Å². The van der Waals surface area contributed by atoms with E-state index < -0.39 is 0 Å². The summed E-state index contributed by atoms with van der Waals surface area (Å²) in [6, 6.07) is 6.78. The number of rotatable bonds is 2. The zero-order chi connectivity index (χ0) is 20.9. The number of fused-ring (bicyclic) bond motifs is 2. The molecule has 0 aliphatic carbocycles. The van der Waals surface area contributed by atoms with Crippen LogP contribution in [0.15, 0.2) is 43.0 Å². The summed E-state index contributed by atoms with van der Waals surface area (Å²) in [6.07, 6.45) is 5.24. The topological polar surface area (TPSA) is 62.5 Å². The van der Waals surface area contributed by atoms with Gasteiger partial charge >= 0.3 is 0 Å². The highest BCUT2D eigenvalue weighted by atomic mass is 19.1. The fraction of sp³-hybridized carbons (Fsp3) is 0.364. The Labute approximate surface area is 174 Å². The number of nitrogens with zero attached hydrogens (tertiary/aromatic N) is 7. The molecule has 0 spiro atoms. The number of benzene rings is 1. The fourth-order valence-electron chi connectivity index (χ4n) is 3.92. The van der Waals surface area contributed by atoms with Gasteiger partial charge in [0.25, 0.3) is 0 Å². The van der Waals surface area contributed by atoms with Crippen molar-refractivity contribution in [1.29, 1.82) is 0 Å². The average molecular weight is 405 g/mol. The minimum Gasteiger partial charge on any atom is -0.352 e. The molecule has 4 aromatic rings. The first kappa shape index (κ1) is 18.7. The highest BCUT2D eigenvalue weighted by Crippen LogP contribution is 2.29. The maximum absolute atomic E-state index is 13.8. The van der Waals surface area contributed by atoms with Gasteiger partial charge in [-0.15, -0.1) is 0 Å². The molecule has 1 fully saturated rings. The van der Waals surface area contributed by atoms with Gasteiger partial charge in [0.1, 0.15) is 23.5 Å². The average Bonchev–Trinajstić information content (AvgIpc) is 3.18. The summed E-state index contributed by atoms with van der Waals surface area (Å²) in [7, 11) is 0. The predicted octanol–water partition coefficient (Wildman–Crippen LogP) is 3.44. The van der Waals surface area contributed by atoms with Crippen LogP contribution >= 0.6 is 0 Å². The standard InChI is InChI=1S/C22H24FN7/c1-22(2,3)19-13-18-21(24-6-7-30(18)27-19)29-10-8-28(9-11-29)20-16-12-15(23)4-5-17(16)25-14-26-20/h4-7,12-14H,8-11H2,1-3H3. The molecular formula is C22H24FN7. The van der Waals surface area contributed by atoms with Crippen molar-refractivity contribution < 1.29 is 4.39 Å². The maximum Gasteiger partial charge on any atom is 0.154 e. The SMILES string of the molecule is CC(C)(C)c1cc2c(N3CCN(c4ncnc5ccc(F)cc45)CC3)nccn2n1. The number of hydrogen-bond acceptors (Lipinski definition) is 6. The Kier molecular flexibility index (Phi) is 4.30. The Morgan fingerprint density at radius 2 is 1.63 bits per heavy atom. The number of hydrogen-bond donors (Lipinski definition) is 0. The minimum atomic E-state index is -0.275. The van der Waals surface area contributed by atoms with Crippen LogP contribution in [0.25, 0.3) is 16.4 Å². The first-order chi connectivity index (χ1) is 14.4. The van der Waals surface area contributed by atoms with Gasteiger partial charge in [0.2, 0.25) is 0 Å². The van der Waals surface area contributed by atoms with Crippen LogP contribution in [0.4, 0.5) is 16.0 Å². The predicted molar refractivity (Wildman–Crippen MR) is 116 cm³/mol. The number of anilines is 2. The first-order valence-electron chi connectivity index (χ1n) is 10.2. The summed E-state index contributed by atoms with van der Waals surface area (Å²) in [5.74, 6) is 1.45. The lowest BCUT2D eigenvalue weighted by Crippen LogP contribution is -2.47. The molecule has 4 heterocycles. The molecule has 1 saturated heterocycles. The van der Waals surface area contributed by atoms with Crippen molar-refractivity contribution in [1.82, 2.24) is 24.6 Å². The highest BCUT2D eigenvalue weighted by molar-refractivity contribution is 5.89. The lowest BCUT2D eigenvalue weighted by Gasteiger charge is -2.36. The molecular weight excluding hydrogens is 381 g/mol. The molecule has 5 rings (SSSR count). The van der Waals surface area contributed by atoms with Crippen LogP contribution in [0.3, 0.4) is 0 Å². The number of aromatic nitrogens is 5. The van der Waals surface area contributed by atoms with Gasteiger partial charge in [-0.05, 0) is 24.3 Å². The van der Waals surface area contributed by atoms with Crippen LogP contribution in [0, 0.1) is 5.82 Å². The molecule has 8 heteroatoms. The molecule has 0 amide bonds. The molecule has 0 radical (unpaired) electrons. The Morgan fingerprint density at radius 1 is 0.900 bits per heavy atom. The van der Waals surface area contributed by atoms with E-state index in [0.717, 1.165) is 59.9 Å². The zero-order valence-corrected chi connectivity index (χ0v) is 17.4. The molecule has 30 heavy (non-hydrogen) atoms. The van der Waals surface area contributed by atoms with Gasteiger partial charge in [0.05, 0.1) is 11.2 Å². The summed E-state index contributed by atoms with van der Waals surface area (Å²) in [5.41, 5.74) is 2.80. The van der Waals surface area contributed by atoms with Gasteiger partial charge in [0.15, 0.2) is 5.82 Å². The van der Waals surface area contributed by atoms with Crippen LogP contribution in [0.5, 0.6) is 0 Å². The first-order valence-corrected chi connectivity index (χ1v) is 10.2. The Hall–Kier alpha value is -3.29. The van der Waals surface area contributed by atoms with E-state index in [9.17, 15) is 4.39 Å². The molecule has 0 unspecified atom stereocenters. The van der Waals surface area contributed by atoms with E-state index in [1.54, 1.807) is 18.6 Å². The van der Waals surface area contributed by atoms with Crippen LogP contribution in [-0.4, -0.2) is 50.7 Å². The van der Waals surface area contributed by atoms with Crippen molar-refractivity contribution in [3.63, 3.8) is 0 Å². The maximum atomic E-state index is 13.8. The third kappa shape index (κ3) is 3.22. The third-order valence-corrected chi connectivity index (χ3v) is 5.59. The molecule has 0 bridgehead atoms. The summed E-state index contributed by atoms with van der Waals surface area (Å²) in [5, 5.41) is 5.48. The summed E-state index contributed by atoms with van der Waals surface area (Å²) in [6.45, 7) is 9.62. The zero-order valence-electron chi connectivity index (χ0n) is 17.4. The molecule has 0 N–H and O–H groups in total. The van der Waals surface area contributed by atoms with Crippen molar-refractivity contribution in [2.24, 2.45) is 0 Å². The molecule has 1 aliphatic rings. The van der Waals surface area contributed by atoms with Crippen LogP contribution < -0.4 is 9.80 Å². The molecule has 0 saturated carbocycles. The normalized spacial score (nSPS) is 15.3. The van der Waals surface area contributed by atoms with Gasteiger partial charge in [-0.3, -0.25) is 0 Å². The van der Waals surface area contributed by atoms with E-state index in [4.69, 9.17) is 5.10 Å². The van der Waals surface area contributed by atoms with Crippen molar-refractivity contribution >= 4 is 28.1 Å². The molecule has 1 aliphatic heterocycles. The van der Waals surface area contributed by atoms with Crippen LogP contribution in [0.2, 0.25) is 0 Å². The summed E-state index contributed by atoms with van der Waals surface area (Å²) in [4.78, 5) is 17.8. The molecule has 0 atom stereocenters. The largest absolute Gasteiger partial charge is 0.352 e. The van der Waals surface area contributed by atoms with Gasteiger partial charge < -0.3 is 9.80 Å². The lowest BCUT2D eigenvalue weighted by molar-refractivity contribution is 0.562. The molecule has 154 valence electrons. The van der Waals surface area contributed by atoms with Crippen LogP contribution in [0.1, 0.15) is 26.5 Å². The van der Waals surface area contributed by atoms with Gasteiger partial charge in [-0.25, -0.2) is 23.9 Å². The quantitative estimate of drug-likeness (QED) is 0.509. The summed E-state index contributed by atoms with van der Waals surface area (Å²) < 4.78 is 15.7. The Morgan fingerprint density at radius 3 is 2.37 bits per heavy atom. The van der Waals surface area contributed by atoms with Gasteiger partial charge in [-0.2, -0.15) is 5.10 Å². The molecule has 7 nitrogen and oxygen atoms in total. The van der Waals surface area contributed by atoms with Gasteiger partial charge in [-0.1, -0.05) is 20.8 Å². The Balaban J connectivity index is 1.42. The van der Waals surface area contributed by atoms with E-state index in [1.165, 1.54) is 12.1 Å². The van der Waals surface area contributed by atoms with E-state index in [-0.39, 0.29) is 11.2 Å². The molecule has 1 aromatic carbocycles. The second-order valence-corrected chi connectivity index (χ2v) is 8.69. The van der Waals surface area contributed by atoms with Gasteiger partial charge in [0, 0.05) is 49.4 Å².